The maximum Gasteiger partial charge on any atom is 0.407 e. The molecule has 0 aliphatic heterocycles. The molecule has 2 aromatic carbocycles. The van der Waals surface area contributed by atoms with Gasteiger partial charge in [0, 0.05) is 32.3 Å². The molecule has 0 saturated heterocycles. The molecule has 2 rings (SSSR count). The van der Waals surface area contributed by atoms with E-state index >= 15 is 0 Å². The van der Waals surface area contributed by atoms with Crippen LogP contribution in [0.25, 0.3) is 0 Å². The van der Waals surface area contributed by atoms with Crippen LogP contribution in [0.15, 0.2) is 57.4 Å². The van der Waals surface area contributed by atoms with E-state index in [-0.39, 0.29) is 17.8 Å². The molecule has 50 heavy (non-hydrogen) atoms. The monoisotopic (exact) mass is 731 g/mol. The Morgan fingerprint density at radius 2 is 1.64 bits per heavy atom. The van der Waals surface area contributed by atoms with Crippen LogP contribution in [0.2, 0.25) is 5.02 Å². The molecule has 2 aromatic rings. The van der Waals surface area contributed by atoms with Crippen LogP contribution in [-0.2, 0) is 11.3 Å². The molecule has 282 valence electrons. The molecule has 0 heterocycles. The fourth-order valence-corrected chi connectivity index (χ4v) is 3.89. The molecule has 7 N–H and O–H groups in total. The number of halogens is 4. The van der Waals surface area contributed by atoms with Crippen molar-refractivity contribution in [2.24, 2.45) is 31.9 Å². The number of nitrogens with one attached hydrogen (secondary N) is 1. The van der Waals surface area contributed by atoms with Gasteiger partial charge in [0.25, 0.3) is 12.4 Å². The van der Waals surface area contributed by atoms with Crippen LogP contribution >= 0.6 is 11.6 Å². The van der Waals surface area contributed by atoms with Gasteiger partial charge in [-0.1, -0.05) is 37.4 Å². The zero-order chi connectivity index (χ0) is 39.6. The van der Waals surface area contributed by atoms with Crippen molar-refractivity contribution in [3.8, 4) is 18.1 Å². The van der Waals surface area contributed by atoms with E-state index in [1.807, 2.05) is 18.2 Å². The number of rotatable bonds is 15. The van der Waals surface area contributed by atoms with E-state index in [0.717, 1.165) is 37.9 Å². The van der Waals surface area contributed by atoms with E-state index in [0.29, 0.717) is 42.6 Å². The van der Waals surface area contributed by atoms with Gasteiger partial charge in [-0.2, -0.15) is 13.2 Å². The van der Waals surface area contributed by atoms with E-state index in [9.17, 15) is 18.0 Å². The summed E-state index contributed by atoms with van der Waals surface area (Å²) in [6.45, 7) is 16.1. The zero-order valence-corrected chi connectivity index (χ0v) is 30.3. The average molecular weight is 732 g/mol. The molecule has 0 aliphatic carbocycles. The number of carbonyl (C=O) groups excluding carboxylic acids is 1. The van der Waals surface area contributed by atoms with Crippen LogP contribution in [0, 0.1) is 17.8 Å². The van der Waals surface area contributed by atoms with Gasteiger partial charge in [0.1, 0.15) is 12.3 Å². The maximum atomic E-state index is 12.5. The Labute approximate surface area is 299 Å². The molecule has 16 heteroatoms. The standard InChI is InChI=1S/C27H33ClN4O2.C3H4F3N.2CH5N.CH2O2.CH4O/c1-6-14-32(15-7-16-34-25-13-8-21(18-29-4)17-24(25)28)20-27(2,3)19-31-26(33)22-9-11-23(30-5)12-10-22;1-7-2-3(4,5)6;2*1-2;2-1-3;1-2/h1,8-13,17H,4-5,7,14-16,18-20H2,2-3H3,(H,31,33);1-2H2;2*2H2,1H3;1H,(H,2,3);2H,1H3. The second kappa shape index (κ2) is 33.2. The Morgan fingerprint density at radius 3 is 2.06 bits per heavy atom. The van der Waals surface area contributed by atoms with Crippen LogP contribution < -0.4 is 21.5 Å². The Balaban J connectivity index is -0.000000559. The second-order valence-corrected chi connectivity index (χ2v) is 10.3. The van der Waals surface area contributed by atoms with Crippen LogP contribution in [0.1, 0.15) is 36.2 Å². The van der Waals surface area contributed by atoms with Crippen molar-refractivity contribution >= 4 is 49.8 Å². The number of amides is 1. The van der Waals surface area contributed by atoms with Gasteiger partial charge in [-0.15, -0.1) is 6.42 Å². The Kier molecular flexibility index (Phi) is 34.8. The molecule has 0 fully saturated rings. The van der Waals surface area contributed by atoms with Gasteiger partial charge in [0.05, 0.1) is 30.4 Å². The minimum absolute atomic E-state index is 0.118. The number of benzene rings is 2. The number of aliphatic imine (C=N–C) groups is 3. The van der Waals surface area contributed by atoms with E-state index in [4.69, 9.17) is 37.8 Å². The third-order valence-electron chi connectivity index (χ3n) is 5.46. The highest BCUT2D eigenvalue weighted by Crippen LogP contribution is 2.26. The number of carboxylic acid groups (broad SMARTS) is 1. The summed E-state index contributed by atoms with van der Waals surface area (Å²) in [6.07, 6.45) is 2.20. The predicted octanol–water partition coefficient (Wildman–Crippen LogP) is 4.74. The molecule has 0 aromatic heterocycles. The predicted molar refractivity (Wildman–Crippen MR) is 199 cm³/mol. The Morgan fingerprint density at radius 1 is 1.08 bits per heavy atom. The van der Waals surface area contributed by atoms with Crippen molar-refractivity contribution in [3.63, 3.8) is 0 Å². The summed E-state index contributed by atoms with van der Waals surface area (Å²) in [5, 5.41) is 17.5. The molecule has 0 radical (unpaired) electrons. The Hall–Kier alpha value is -4.33. The zero-order valence-electron chi connectivity index (χ0n) is 29.5. The van der Waals surface area contributed by atoms with Crippen molar-refractivity contribution in [2.45, 2.75) is 33.0 Å². The highest BCUT2D eigenvalue weighted by atomic mass is 35.5. The molecule has 0 bridgehead atoms. The first kappa shape index (κ1) is 52.5. The number of carbonyl (C=O) groups is 2. The van der Waals surface area contributed by atoms with Crippen LogP contribution in [0.3, 0.4) is 0 Å². The van der Waals surface area contributed by atoms with Gasteiger partial charge in [-0.25, -0.2) is 0 Å². The van der Waals surface area contributed by atoms with Crippen LogP contribution in [0.5, 0.6) is 5.75 Å². The quantitative estimate of drug-likeness (QED) is 0.0752. The lowest BCUT2D eigenvalue weighted by molar-refractivity contribution is -0.123. The van der Waals surface area contributed by atoms with Crippen molar-refractivity contribution in [1.29, 1.82) is 0 Å². The second-order valence-electron chi connectivity index (χ2n) is 9.92. The first-order valence-corrected chi connectivity index (χ1v) is 15.1. The normalized spacial score (nSPS) is 9.68. The van der Waals surface area contributed by atoms with Crippen LogP contribution in [-0.4, -0.2) is 114 Å². The molecule has 0 atom stereocenters. The molecular weight excluding hydrogens is 679 g/mol. The van der Waals surface area contributed by atoms with Crippen molar-refractivity contribution in [1.82, 2.24) is 10.2 Å². The van der Waals surface area contributed by atoms with Crippen molar-refractivity contribution in [3.05, 3.63) is 58.6 Å². The number of nitrogens with two attached hydrogens (primary N) is 2. The molecule has 0 unspecified atom stereocenters. The Bertz CT molecular complexity index is 1240. The van der Waals surface area contributed by atoms with Gasteiger partial charge in [0.2, 0.25) is 0 Å². The third-order valence-corrected chi connectivity index (χ3v) is 5.76. The summed E-state index contributed by atoms with van der Waals surface area (Å²) < 4.78 is 38.6. The van der Waals surface area contributed by atoms with E-state index in [2.05, 4.69) is 76.6 Å². The highest BCUT2D eigenvalue weighted by Gasteiger charge is 2.25. The molecule has 12 nitrogen and oxygen atoms in total. The minimum atomic E-state index is -4.18. The first-order valence-electron chi connectivity index (χ1n) is 14.8. The summed E-state index contributed by atoms with van der Waals surface area (Å²) >= 11 is 6.30. The SMILES string of the molecule is C#CCN(CCCOc1ccc(CN=C)cc1Cl)CC(C)(C)CNC(=O)c1ccc(N=C)cc1.C=NCC(F)(F)F.CN.CN.CO.O=CO. The highest BCUT2D eigenvalue weighted by molar-refractivity contribution is 6.32. The lowest BCUT2D eigenvalue weighted by Gasteiger charge is -2.32. The molecule has 0 saturated carbocycles. The van der Waals surface area contributed by atoms with E-state index < -0.39 is 12.7 Å². The lowest BCUT2D eigenvalue weighted by Crippen LogP contribution is -2.42. The largest absolute Gasteiger partial charge is 0.492 e. The number of hydrogen-bond acceptors (Lipinski definition) is 10. The number of aliphatic hydroxyl groups is 1. The third kappa shape index (κ3) is 28.7. The van der Waals surface area contributed by atoms with Gasteiger partial charge in [-0.3, -0.25) is 29.5 Å². The van der Waals surface area contributed by atoms with Crippen molar-refractivity contribution < 1.29 is 37.7 Å². The van der Waals surface area contributed by atoms with E-state index in [1.165, 1.54) is 14.1 Å². The summed E-state index contributed by atoms with van der Waals surface area (Å²) in [6, 6.07) is 12.7. The summed E-state index contributed by atoms with van der Waals surface area (Å²) in [7, 11) is 4.00. The average Bonchev–Trinajstić information content (AvgIpc) is 3.09. The summed E-state index contributed by atoms with van der Waals surface area (Å²) in [4.78, 5) is 33.4. The lowest BCUT2D eigenvalue weighted by atomic mass is 9.92. The molecular formula is C34H53ClF3N7O5. The molecule has 0 aliphatic rings. The smallest absolute Gasteiger partial charge is 0.407 e. The van der Waals surface area contributed by atoms with E-state index in [1.54, 1.807) is 24.3 Å². The fourth-order valence-electron chi connectivity index (χ4n) is 3.63. The summed E-state index contributed by atoms with van der Waals surface area (Å²) in [5.41, 5.74) is 11.1. The number of hydrogen-bond donors (Lipinski definition) is 5. The number of ether oxygens (including phenoxy) is 1. The van der Waals surface area contributed by atoms with Crippen molar-refractivity contribution in [2.75, 3.05) is 60.5 Å². The van der Waals surface area contributed by atoms with Gasteiger partial charge < -0.3 is 31.7 Å². The molecule has 1 amide bonds. The van der Waals surface area contributed by atoms with Crippen LogP contribution in [0.4, 0.5) is 18.9 Å². The minimum Gasteiger partial charge on any atom is -0.492 e. The fraction of sp³-hybridized carbons (Fsp3) is 0.441. The number of aliphatic hydroxyl groups excluding tert-OH is 1. The number of nitrogens with zero attached hydrogens (tertiary/aromatic N) is 4. The maximum absolute atomic E-state index is 12.5. The van der Waals surface area contributed by atoms with Gasteiger partial charge in [0.15, 0.2) is 0 Å². The molecule has 0 spiro atoms. The number of terminal acetylenes is 1. The number of alkyl halides is 3. The topological polar surface area (TPSA) is 188 Å². The van der Waals surface area contributed by atoms with Gasteiger partial charge in [-0.05, 0) is 88.0 Å². The van der Waals surface area contributed by atoms with Gasteiger partial charge >= 0.3 is 6.18 Å². The first-order chi connectivity index (χ1) is 23.7. The summed E-state index contributed by atoms with van der Waals surface area (Å²) in [5.74, 6) is 3.26.